The molecule has 0 saturated heterocycles. The summed E-state index contributed by atoms with van der Waals surface area (Å²) in [6.07, 6.45) is 2.81. The molecule has 15 heavy (non-hydrogen) atoms. The van der Waals surface area contributed by atoms with Crippen molar-refractivity contribution in [1.82, 2.24) is 9.88 Å². The van der Waals surface area contributed by atoms with Gasteiger partial charge in [-0.2, -0.15) is 0 Å². The Morgan fingerprint density at radius 1 is 1.53 bits per heavy atom. The van der Waals surface area contributed by atoms with E-state index in [1.54, 1.807) is 6.20 Å². The van der Waals surface area contributed by atoms with Crippen LogP contribution in [0.4, 0.5) is 0 Å². The van der Waals surface area contributed by atoms with E-state index in [1.165, 1.54) is 0 Å². The molecule has 1 heterocycles. The number of ketones is 1. The maximum Gasteiger partial charge on any atom is 0.192 e. The number of hydrogen-bond donors (Lipinski definition) is 1. The molecule has 1 aromatic heterocycles. The summed E-state index contributed by atoms with van der Waals surface area (Å²) in [5, 5.41) is 0. The Hall–Kier alpha value is -1.09. The summed E-state index contributed by atoms with van der Waals surface area (Å²) in [6.45, 7) is 6.89. The number of aromatic amines is 1. The van der Waals surface area contributed by atoms with Crippen LogP contribution in [0.1, 0.15) is 37.7 Å². The number of carbonyl (C=O) groups is 1. The van der Waals surface area contributed by atoms with E-state index in [-0.39, 0.29) is 11.3 Å². The zero-order chi connectivity index (χ0) is 11.5. The van der Waals surface area contributed by atoms with E-state index in [0.717, 1.165) is 6.42 Å². The zero-order valence-electron chi connectivity index (χ0n) is 10.0. The van der Waals surface area contributed by atoms with Gasteiger partial charge in [0.15, 0.2) is 5.78 Å². The van der Waals surface area contributed by atoms with Crippen molar-refractivity contribution in [1.29, 1.82) is 0 Å². The number of H-pyrrole nitrogens is 1. The zero-order valence-corrected chi connectivity index (χ0v) is 10.0. The van der Waals surface area contributed by atoms with E-state index in [9.17, 15) is 4.79 Å². The van der Waals surface area contributed by atoms with Crippen LogP contribution >= 0.6 is 0 Å². The van der Waals surface area contributed by atoms with Gasteiger partial charge in [-0.25, -0.2) is 0 Å². The minimum atomic E-state index is 0.0717. The fraction of sp³-hybridized carbons (Fsp3) is 0.583. The molecule has 1 N–H and O–H groups in total. The highest BCUT2D eigenvalue weighted by molar-refractivity contribution is 5.95. The molecule has 0 aromatic carbocycles. The molecular weight excluding hydrogens is 188 g/mol. The van der Waals surface area contributed by atoms with Crippen molar-refractivity contribution in [3.05, 3.63) is 24.0 Å². The molecular formula is C12H20N2O. The number of hydrogen-bond acceptors (Lipinski definition) is 2. The molecule has 0 unspecified atom stereocenters. The van der Waals surface area contributed by atoms with Gasteiger partial charge in [-0.15, -0.1) is 0 Å². The highest BCUT2D eigenvalue weighted by Crippen LogP contribution is 2.16. The molecule has 3 nitrogen and oxygen atoms in total. The molecule has 0 radical (unpaired) electrons. The fourth-order valence-electron chi connectivity index (χ4n) is 1.29. The molecule has 1 aromatic rings. The summed E-state index contributed by atoms with van der Waals surface area (Å²) in [5.41, 5.74) is 0.760. The molecule has 0 atom stereocenters. The van der Waals surface area contributed by atoms with Crippen LogP contribution in [0.5, 0.6) is 0 Å². The normalized spacial score (nSPS) is 12.1. The van der Waals surface area contributed by atoms with Crippen LogP contribution < -0.4 is 0 Å². The average molecular weight is 208 g/mol. The van der Waals surface area contributed by atoms with Gasteiger partial charge >= 0.3 is 0 Å². The predicted molar refractivity (Wildman–Crippen MR) is 62.1 cm³/mol. The van der Waals surface area contributed by atoms with Crippen molar-refractivity contribution >= 4 is 5.78 Å². The number of nitrogens with zero attached hydrogens (tertiary/aromatic N) is 1. The largest absolute Gasteiger partial charge is 0.359 e. The Morgan fingerprint density at radius 3 is 2.67 bits per heavy atom. The molecule has 84 valence electrons. The second kappa shape index (κ2) is 4.62. The maximum atomic E-state index is 11.8. The third-order valence-corrected chi connectivity index (χ3v) is 3.18. The lowest BCUT2D eigenvalue weighted by molar-refractivity contribution is 0.0842. The van der Waals surface area contributed by atoms with Gasteiger partial charge in [-0.05, 0) is 39.4 Å². The van der Waals surface area contributed by atoms with Crippen LogP contribution in [0.3, 0.4) is 0 Å². The van der Waals surface area contributed by atoms with Crippen molar-refractivity contribution in [2.45, 2.75) is 32.7 Å². The van der Waals surface area contributed by atoms with Crippen molar-refractivity contribution in [2.75, 3.05) is 13.6 Å². The quantitative estimate of drug-likeness (QED) is 0.754. The van der Waals surface area contributed by atoms with E-state index in [2.05, 4.69) is 30.7 Å². The van der Waals surface area contributed by atoms with Crippen molar-refractivity contribution in [3.8, 4) is 0 Å². The van der Waals surface area contributed by atoms with Crippen LogP contribution in [-0.2, 0) is 0 Å². The third-order valence-electron chi connectivity index (χ3n) is 3.18. The number of aromatic nitrogens is 1. The molecule has 0 bridgehead atoms. The van der Waals surface area contributed by atoms with Crippen molar-refractivity contribution in [2.24, 2.45) is 0 Å². The summed E-state index contributed by atoms with van der Waals surface area (Å²) in [4.78, 5) is 16.8. The number of Topliss-reactive ketones (excluding diaryl/α,β-unsaturated/α-hetero) is 1. The molecule has 0 fully saturated rings. The van der Waals surface area contributed by atoms with E-state index >= 15 is 0 Å². The van der Waals surface area contributed by atoms with Gasteiger partial charge in [0.05, 0.1) is 12.2 Å². The first-order valence-electron chi connectivity index (χ1n) is 5.35. The molecule has 0 aliphatic carbocycles. The summed E-state index contributed by atoms with van der Waals surface area (Å²) >= 11 is 0. The Kier molecular flexibility index (Phi) is 3.69. The number of rotatable bonds is 5. The lowest BCUT2D eigenvalue weighted by Gasteiger charge is -2.34. The molecule has 0 saturated carbocycles. The smallest absolute Gasteiger partial charge is 0.192 e. The van der Waals surface area contributed by atoms with Gasteiger partial charge in [0.2, 0.25) is 0 Å². The summed E-state index contributed by atoms with van der Waals surface area (Å²) in [5.74, 6) is 0.143. The van der Waals surface area contributed by atoms with Gasteiger partial charge in [-0.3, -0.25) is 9.69 Å². The Bertz CT molecular complexity index is 314. The van der Waals surface area contributed by atoms with Gasteiger partial charge in [-0.1, -0.05) is 6.92 Å². The molecule has 3 heteroatoms. The number of likely N-dealkylation sites (N-methyl/N-ethyl adjacent to an activating group) is 1. The topological polar surface area (TPSA) is 36.1 Å². The van der Waals surface area contributed by atoms with Crippen LogP contribution in [-0.4, -0.2) is 34.8 Å². The Morgan fingerprint density at radius 2 is 2.20 bits per heavy atom. The van der Waals surface area contributed by atoms with Gasteiger partial charge in [0, 0.05) is 11.7 Å². The maximum absolute atomic E-state index is 11.8. The van der Waals surface area contributed by atoms with Crippen molar-refractivity contribution < 1.29 is 4.79 Å². The number of nitrogens with one attached hydrogen (secondary N) is 1. The van der Waals surface area contributed by atoms with E-state index in [0.29, 0.717) is 12.2 Å². The van der Waals surface area contributed by atoms with Crippen LogP contribution in [0, 0.1) is 0 Å². The lowest BCUT2D eigenvalue weighted by Crippen LogP contribution is -2.43. The van der Waals surface area contributed by atoms with Crippen LogP contribution in [0.25, 0.3) is 0 Å². The second-order valence-electron chi connectivity index (χ2n) is 4.53. The Balaban J connectivity index is 2.60. The molecule has 0 amide bonds. The summed E-state index contributed by atoms with van der Waals surface area (Å²) < 4.78 is 0. The first-order valence-corrected chi connectivity index (χ1v) is 5.35. The predicted octanol–water partition coefficient (Wildman–Crippen LogP) is 2.32. The first-order chi connectivity index (χ1) is 6.97. The van der Waals surface area contributed by atoms with E-state index < -0.39 is 0 Å². The van der Waals surface area contributed by atoms with Gasteiger partial charge in [0.1, 0.15) is 0 Å². The molecule has 0 aliphatic rings. The average Bonchev–Trinajstić information content (AvgIpc) is 2.70. The van der Waals surface area contributed by atoms with Crippen LogP contribution in [0.15, 0.2) is 18.3 Å². The highest BCUT2D eigenvalue weighted by Gasteiger charge is 2.23. The second-order valence-corrected chi connectivity index (χ2v) is 4.53. The van der Waals surface area contributed by atoms with Crippen molar-refractivity contribution in [3.63, 3.8) is 0 Å². The molecule has 0 spiro atoms. The Labute approximate surface area is 91.5 Å². The van der Waals surface area contributed by atoms with Crippen LogP contribution in [0.2, 0.25) is 0 Å². The minimum Gasteiger partial charge on any atom is -0.359 e. The first kappa shape index (κ1) is 12.0. The number of carbonyl (C=O) groups excluding carboxylic acids is 1. The van der Waals surface area contributed by atoms with E-state index in [1.807, 2.05) is 19.2 Å². The van der Waals surface area contributed by atoms with Gasteiger partial charge < -0.3 is 4.98 Å². The monoisotopic (exact) mass is 208 g/mol. The summed E-state index contributed by atoms with van der Waals surface area (Å²) in [6, 6.07) is 3.66. The standard InChI is InChI=1S/C12H20N2O/c1-5-12(2,3)14(4)9-11(15)10-7-6-8-13-10/h6-8,13H,5,9H2,1-4H3. The lowest BCUT2D eigenvalue weighted by atomic mass is 9.99. The SMILES string of the molecule is CCC(C)(C)N(C)CC(=O)c1ccc[nH]1. The third kappa shape index (κ3) is 2.93. The summed E-state index contributed by atoms with van der Waals surface area (Å²) in [7, 11) is 1.99. The highest BCUT2D eigenvalue weighted by atomic mass is 16.1. The van der Waals surface area contributed by atoms with E-state index in [4.69, 9.17) is 0 Å². The van der Waals surface area contributed by atoms with Gasteiger partial charge in [0.25, 0.3) is 0 Å². The minimum absolute atomic E-state index is 0.0717. The fourth-order valence-corrected chi connectivity index (χ4v) is 1.29. The molecule has 0 aliphatic heterocycles. The molecule has 1 rings (SSSR count).